The number of carbonyl (C=O) groups excluding carboxylic acids is 2. The van der Waals surface area contributed by atoms with Crippen LogP contribution in [0.1, 0.15) is 18.4 Å². The molecule has 3 amide bonds. The third-order valence-electron chi connectivity index (χ3n) is 3.08. The number of hydrogen-bond acceptors (Lipinski definition) is 4. The number of imide groups is 1. The number of carbonyl (C=O) groups is 2. The highest BCUT2D eigenvalue weighted by Crippen LogP contribution is 2.26. The Labute approximate surface area is 117 Å². The van der Waals surface area contributed by atoms with Crippen LogP contribution in [0.2, 0.25) is 0 Å². The average molecular weight is 278 g/mol. The molecule has 0 unspecified atom stereocenters. The number of urea groups is 1. The van der Waals surface area contributed by atoms with Crippen LogP contribution >= 0.6 is 0 Å². The number of ether oxygens (including phenoxy) is 1. The Hall–Kier alpha value is -2.08. The van der Waals surface area contributed by atoms with Crippen molar-refractivity contribution >= 4 is 17.6 Å². The smallest absolute Gasteiger partial charge is 0.328 e. The Bertz CT molecular complexity index is 516. The third-order valence-corrected chi connectivity index (χ3v) is 3.08. The van der Waals surface area contributed by atoms with Crippen LogP contribution in [0.15, 0.2) is 18.2 Å². The molecule has 0 atom stereocenters. The lowest BCUT2D eigenvalue weighted by Crippen LogP contribution is -2.49. The van der Waals surface area contributed by atoms with Crippen LogP contribution in [-0.4, -0.2) is 36.8 Å². The minimum atomic E-state index is -0.390. The minimum Gasteiger partial charge on any atom is -0.493 e. The molecule has 2 N–H and O–H groups in total. The zero-order chi connectivity index (χ0) is 14.5. The van der Waals surface area contributed by atoms with E-state index in [2.05, 4.69) is 5.32 Å². The molecule has 6 heteroatoms. The fraction of sp³-hybridized carbons (Fsp3) is 0.429. The average Bonchev–Trinajstić information content (AvgIpc) is 2.40. The van der Waals surface area contributed by atoms with E-state index in [-0.39, 0.29) is 12.5 Å². The van der Waals surface area contributed by atoms with Crippen molar-refractivity contribution < 1.29 is 19.4 Å². The maximum atomic E-state index is 11.8. The van der Waals surface area contributed by atoms with Crippen molar-refractivity contribution in [3.8, 4) is 5.75 Å². The monoisotopic (exact) mass is 278 g/mol. The molecule has 1 aliphatic rings. The van der Waals surface area contributed by atoms with E-state index in [9.17, 15) is 9.59 Å². The van der Waals surface area contributed by atoms with Crippen LogP contribution in [-0.2, 0) is 4.79 Å². The molecule has 0 radical (unpaired) electrons. The zero-order valence-corrected chi connectivity index (χ0v) is 11.4. The van der Waals surface area contributed by atoms with Crippen LogP contribution in [0.3, 0.4) is 0 Å². The molecule has 0 aromatic heterocycles. The summed E-state index contributed by atoms with van der Waals surface area (Å²) in [6, 6.07) is 5.04. The van der Waals surface area contributed by atoms with Crippen molar-refractivity contribution in [2.75, 3.05) is 24.7 Å². The highest BCUT2D eigenvalue weighted by atomic mass is 16.5. The number of nitrogens with one attached hydrogen (secondary N) is 1. The summed E-state index contributed by atoms with van der Waals surface area (Å²) >= 11 is 0. The zero-order valence-electron chi connectivity index (χ0n) is 11.4. The second-order valence-corrected chi connectivity index (χ2v) is 4.63. The minimum absolute atomic E-state index is 0.0963. The van der Waals surface area contributed by atoms with Gasteiger partial charge in [-0.1, -0.05) is 0 Å². The molecule has 0 aliphatic carbocycles. The molecule has 20 heavy (non-hydrogen) atoms. The molecule has 2 rings (SSSR count). The van der Waals surface area contributed by atoms with Crippen LogP contribution < -0.4 is 15.0 Å². The molecule has 108 valence electrons. The largest absolute Gasteiger partial charge is 0.493 e. The van der Waals surface area contributed by atoms with E-state index in [1.54, 1.807) is 17.0 Å². The molecule has 1 aromatic carbocycles. The Morgan fingerprint density at radius 1 is 1.40 bits per heavy atom. The van der Waals surface area contributed by atoms with Gasteiger partial charge in [-0.05, 0) is 30.7 Å². The number of aliphatic hydroxyl groups excluding tert-OH is 1. The van der Waals surface area contributed by atoms with E-state index < -0.39 is 6.03 Å². The first-order chi connectivity index (χ1) is 9.61. The van der Waals surface area contributed by atoms with E-state index in [0.717, 1.165) is 11.3 Å². The highest BCUT2D eigenvalue weighted by molar-refractivity contribution is 6.05. The molecule has 1 fully saturated rings. The van der Waals surface area contributed by atoms with Crippen molar-refractivity contribution in [3.05, 3.63) is 23.8 Å². The van der Waals surface area contributed by atoms with Gasteiger partial charge in [0.1, 0.15) is 5.75 Å². The first kappa shape index (κ1) is 14.3. The van der Waals surface area contributed by atoms with Gasteiger partial charge in [0.25, 0.3) is 0 Å². The van der Waals surface area contributed by atoms with E-state index in [4.69, 9.17) is 9.84 Å². The van der Waals surface area contributed by atoms with Gasteiger partial charge in [-0.2, -0.15) is 0 Å². The van der Waals surface area contributed by atoms with E-state index >= 15 is 0 Å². The molecule has 0 bridgehead atoms. The van der Waals surface area contributed by atoms with Crippen molar-refractivity contribution in [2.24, 2.45) is 0 Å². The second-order valence-electron chi connectivity index (χ2n) is 4.63. The van der Waals surface area contributed by atoms with Gasteiger partial charge in [-0.25, -0.2) is 4.79 Å². The van der Waals surface area contributed by atoms with E-state index in [1.807, 2.05) is 13.0 Å². The van der Waals surface area contributed by atoms with Crippen molar-refractivity contribution in [1.82, 2.24) is 5.32 Å². The number of rotatable bonds is 5. The lowest BCUT2D eigenvalue weighted by atomic mass is 10.1. The van der Waals surface area contributed by atoms with Gasteiger partial charge in [0, 0.05) is 31.7 Å². The van der Waals surface area contributed by atoms with Crippen LogP contribution in [0.5, 0.6) is 5.75 Å². The first-order valence-electron chi connectivity index (χ1n) is 6.57. The quantitative estimate of drug-likeness (QED) is 0.793. The summed E-state index contributed by atoms with van der Waals surface area (Å²) in [7, 11) is 0. The molecular weight excluding hydrogens is 260 g/mol. The fourth-order valence-electron chi connectivity index (χ4n) is 2.07. The molecule has 0 spiro atoms. The topological polar surface area (TPSA) is 78.9 Å². The summed E-state index contributed by atoms with van der Waals surface area (Å²) in [5.41, 5.74) is 1.67. The Kier molecular flexibility index (Phi) is 4.57. The molecule has 1 saturated heterocycles. The third kappa shape index (κ3) is 3.27. The summed E-state index contributed by atoms with van der Waals surface area (Å²) in [4.78, 5) is 24.5. The number of anilines is 1. The summed E-state index contributed by atoms with van der Waals surface area (Å²) < 4.78 is 5.48. The van der Waals surface area contributed by atoms with Gasteiger partial charge in [-0.15, -0.1) is 0 Å². The normalized spacial score (nSPS) is 15.2. The number of nitrogens with zero attached hydrogens (tertiary/aromatic N) is 1. The number of aliphatic hydroxyl groups is 1. The van der Waals surface area contributed by atoms with Gasteiger partial charge < -0.3 is 9.84 Å². The molecule has 1 heterocycles. The standard InChI is InChI=1S/C14H18N2O4/c1-10-9-11(20-8-2-7-17)3-4-12(10)16-6-5-13(18)15-14(16)19/h3-4,9,17H,2,5-8H2,1H3,(H,15,18,19). The Morgan fingerprint density at radius 2 is 2.20 bits per heavy atom. The highest BCUT2D eigenvalue weighted by Gasteiger charge is 2.25. The SMILES string of the molecule is Cc1cc(OCCCO)ccc1N1CCC(=O)NC1=O. The van der Waals surface area contributed by atoms with Crippen LogP contribution in [0, 0.1) is 6.92 Å². The molecule has 1 aliphatic heterocycles. The predicted octanol–water partition coefficient (Wildman–Crippen LogP) is 1.20. The summed E-state index contributed by atoms with van der Waals surface area (Å²) in [6.07, 6.45) is 0.886. The second kappa shape index (κ2) is 6.38. The van der Waals surface area contributed by atoms with Crippen LogP contribution in [0.4, 0.5) is 10.5 Å². The fourth-order valence-corrected chi connectivity index (χ4v) is 2.07. The maximum Gasteiger partial charge on any atom is 0.328 e. The summed E-state index contributed by atoms with van der Waals surface area (Å²) in [5, 5.41) is 11.0. The van der Waals surface area contributed by atoms with E-state index in [1.165, 1.54) is 0 Å². The molecule has 1 aromatic rings. The number of aryl methyl sites for hydroxylation is 1. The number of benzene rings is 1. The lowest BCUT2D eigenvalue weighted by Gasteiger charge is -2.28. The van der Waals surface area contributed by atoms with Gasteiger partial charge in [0.15, 0.2) is 0 Å². The summed E-state index contributed by atoms with van der Waals surface area (Å²) in [5.74, 6) is 0.459. The molecule has 6 nitrogen and oxygen atoms in total. The Morgan fingerprint density at radius 3 is 2.85 bits per heavy atom. The van der Waals surface area contributed by atoms with Crippen molar-refractivity contribution in [3.63, 3.8) is 0 Å². The predicted molar refractivity (Wildman–Crippen MR) is 73.9 cm³/mol. The van der Waals surface area contributed by atoms with Gasteiger partial charge >= 0.3 is 6.03 Å². The van der Waals surface area contributed by atoms with E-state index in [0.29, 0.717) is 31.7 Å². The van der Waals surface area contributed by atoms with Gasteiger partial charge in [-0.3, -0.25) is 15.0 Å². The Balaban J connectivity index is 2.09. The van der Waals surface area contributed by atoms with Crippen molar-refractivity contribution in [1.29, 1.82) is 0 Å². The molecular formula is C14H18N2O4. The van der Waals surface area contributed by atoms with Gasteiger partial charge in [0.05, 0.1) is 6.61 Å². The van der Waals surface area contributed by atoms with Gasteiger partial charge in [0.2, 0.25) is 5.91 Å². The number of hydrogen-bond donors (Lipinski definition) is 2. The maximum absolute atomic E-state index is 11.8. The lowest BCUT2D eigenvalue weighted by molar-refractivity contribution is -0.120. The first-order valence-corrected chi connectivity index (χ1v) is 6.57. The van der Waals surface area contributed by atoms with Crippen LogP contribution in [0.25, 0.3) is 0 Å². The molecule has 0 saturated carbocycles. The summed E-state index contributed by atoms with van der Waals surface area (Å²) in [6.45, 7) is 2.82. The van der Waals surface area contributed by atoms with Crippen molar-refractivity contribution in [2.45, 2.75) is 19.8 Å². The number of amides is 3.